The minimum absolute atomic E-state index is 0.192. The number of fused-ring (bicyclic) bond motifs is 4. The van der Waals surface area contributed by atoms with E-state index in [-0.39, 0.29) is 11.8 Å². The molecule has 26 heavy (non-hydrogen) atoms. The SMILES string of the molecule is C[C@@]12C[C@@H](c3ccccc3O1)[C@@H](C(N)=O)C(=O)N2CCC1=CCCCC1. The first-order valence-corrected chi connectivity index (χ1v) is 9.56. The standard InChI is InChI=1S/C21H26N2O3/c1-21-13-16(15-9-5-6-10-17(15)26-21)18(19(22)24)20(25)23(21)12-11-14-7-3-2-4-8-14/h5-7,9-10,16,18H,2-4,8,11-13H2,1H3,(H2,22,24)/t16-,18-,21-/m0/s1. The molecule has 2 amide bonds. The van der Waals surface area contributed by atoms with Crippen LogP contribution in [0.1, 0.15) is 56.9 Å². The van der Waals surface area contributed by atoms with Crippen molar-refractivity contribution >= 4 is 11.8 Å². The Morgan fingerprint density at radius 1 is 1.35 bits per heavy atom. The van der Waals surface area contributed by atoms with Gasteiger partial charge in [0.1, 0.15) is 11.7 Å². The fourth-order valence-corrected chi connectivity index (χ4v) is 4.77. The zero-order valence-corrected chi connectivity index (χ0v) is 15.2. The Kier molecular flexibility index (Phi) is 4.25. The lowest BCUT2D eigenvalue weighted by Gasteiger charge is -2.52. The number of ether oxygens (including phenoxy) is 1. The van der Waals surface area contributed by atoms with Gasteiger partial charge in [0.2, 0.25) is 11.8 Å². The minimum Gasteiger partial charge on any atom is -0.468 e. The van der Waals surface area contributed by atoms with Crippen LogP contribution in [0.4, 0.5) is 0 Å². The van der Waals surface area contributed by atoms with Crippen molar-refractivity contribution in [2.75, 3.05) is 6.54 Å². The molecule has 2 aliphatic heterocycles. The summed E-state index contributed by atoms with van der Waals surface area (Å²) in [7, 11) is 0. The van der Waals surface area contributed by atoms with Gasteiger partial charge >= 0.3 is 0 Å². The zero-order valence-electron chi connectivity index (χ0n) is 15.2. The molecular weight excluding hydrogens is 328 g/mol. The Hall–Kier alpha value is -2.30. The van der Waals surface area contributed by atoms with Crippen molar-refractivity contribution in [1.29, 1.82) is 0 Å². The normalized spacial score (nSPS) is 30.3. The van der Waals surface area contributed by atoms with Gasteiger partial charge in [0, 0.05) is 18.9 Å². The molecule has 2 bridgehead atoms. The van der Waals surface area contributed by atoms with E-state index in [0.717, 1.165) is 30.6 Å². The van der Waals surface area contributed by atoms with Crippen LogP contribution < -0.4 is 10.5 Å². The zero-order chi connectivity index (χ0) is 18.3. The first kappa shape index (κ1) is 17.1. The summed E-state index contributed by atoms with van der Waals surface area (Å²) in [5, 5.41) is 0. The monoisotopic (exact) mass is 354 g/mol. The topological polar surface area (TPSA) is 72.6 Å². The number of carbonyl (C=O) groups excluding carboxylic acids is 2. The van der Waals surface area contributed by atoms with Gasteiger partial charge in [-0.1, -0.05) is 29.8 Å². The number of amides is 2. The molecule has 3 atom stereocenters. The summed E-state index contributed by atoms with van der Waals surface area (Å²) in [4.78, 5) is 27.1. The van der Waals surface area contributed by atoms with E-state index in [9.17, 15) is 9.59 Å². The van der Waals surface area contributed by atoms with Crippen molar-refractivity contribution in [3.8, 4) is 5.75 Å². The van der Waals surface area contributed by atoms with Gasteiger partial charge in [-0.05, 0) is 50.7 Å². The maximum atomic E-state index is 13.2. The summed E-state index contributed by atoms with van der Waals surface area (Å²) in [5.74, 6) is -0.997. The van der Waals surface area contributed by atoms with Gasteiger partial charge in [0.05, 0.1) is 0 Å². The number of hydrogen-bond acceptors (Lipinski definition) is 3. The van der Waals surface area contributed by atoms with E-state index < -0.39 is 17.6 Å². The number of piperidine rings is 1. The number of benzene rings is 1. The van der Waals surface area contributed by atoms with Crippen LogP contribution in [0, 0.1) is 5.92 Å². The summed E-state index contributed by atoms with van der Waals surface area (Å²) in [6, 6.07) is 7.68. The second-order valence-electron chi connectivity index (χ2n) is 7.85. The minimum atomic E-state index is -0.812. The quantitative estimate of drug-likeness (QED) is 0.667. The van der Waals surface area contributed by atoms with Crippen molar-refractivity contribution in [1.82, 2.24) is 4.90 Å². The van der Waals surface area contributed by atoms with Crippen LogP contribution in [-0.4, -0.2) is 29.0 Å². The molecule has 1 aromatic carbocycles. The Labute approximate surface area is 154 Å². The number of primary amides is 1. The van der Waals surface area contributed by atoms with Crippen LogP contribution in [-0.2, 0) is 9.59 Å². The Morgan fingerprint density at radius 3 is 2.88 bits per heavy atom. The molecule has 0 aromatic heterocycles. The molecular formula is C21H26N2O3. The van der Waals surface area contributed by atoms with Gasteiger partial charge in [-0.3, -0.25) is 9.59 Å². The molecule has 0 spiro atoms. The first-order chi connectivity index (χ1) is 12.5. The molecule has 138 valence electrons. The Morgan fingerprint density at radius 2 is 2.15 bits per heavy atom. The highest BCUT2D eigenvalue weighted by molar-refractivity contribution is 6.01. The third-order valence-electron chi connectivity index (χ3n) is 6.10. The molecule has 5 nitrogen and oxygen atoms in total. The summed E-state index contributed by atoms with van der Waals surface area (Å²) in [5.41, 5.74) is 7.25. The van der Waals surface area contributed by atoms with Crippen molar-refractivity contribution < 1.29 is 14.3 Å². The molecule has 0 radical (unpaired) electrons. The maximum Gasteiger partial charge on any atom is 0.238 e. The number of carbonyl (C=O) groups is 2. The van der Waals surface area contributed by atoms with Gasteiger partial charge < -0.3 is 15.4 Å². The Bertz CT molecular complexity index is 772. The van der Waals surface area contributed by atoms with Gasteiger partial charge in [-0.25, -0.2) is 0 Å². The van der Waals surface area contributed by atoms with E-state index in [4.69, 9.17) is 10.5 Å². The van der Waals surface area contributed by atoms with Crippen molar-refractivity contribution in [3.05, 3.63) is 41.5 Å². The van der Waals surface area contributed by atoms with Crippen molar-refractivity contribution in [2.24, 2.45) is 11.7 Å². The number of allylic oxidation sites excluding steroid dienone is 1. The summed E-state index contributed by atoms with van der Waals surface area (Å²) in [6.45, 7) is 2.53. The Balaban J connectivity index is 1.66. The molecule has 1 aromatic rings. The molecule has 2 heterocycles. The fraction of sp³-hybridized carbons (Fsp3) is 0.524. The maximum absolute atomic E-state index is 13.2. The van der Waals surface area contributed by atoms with Gasteiger partial charge in [0.15, 0.2) is 5.72 Å². The van der Waals surface area contributed by atoms with E-state index in [2.05, 4.69) is 6.08 Å². The second kappa shape index (κ2) is 6.45. The predicted octanol–water partition coefficient (Wildman–Crippen LogP) is 3.10. The van der Waals surface area contributed by atoms with Crippen LogP contribution in [0.2, 0.25) is 0 Å². The largest absolute Gasteiger partial charge is 0.468 e. The summed E-state index contributed by atoms with van der Waals surface area (Å²) >= 11 is 0. The van der Waals surface area contributed by atoms with Gasteiger partial charge in [0.25, 0.3) is 0 Å². The highest BCUT2D eigenvalue weighted by Crippen LogP contribution is 2.50. The molecule has 1 aliphatic carbocycles. The van der Waals surface area contributed by atoms with E-state index in [1.54, 1.807) is 4.90 Å². The van der Waals surface area contributed by atoms with Crippen LogP contribution in [0.5, 0.6) is 5.75 Å². The predicted molar refractivity (Wildman–Crippen MR) is 98.4 cm³/mol. The van der Waals surface area contributed by atoms with Crippen molar-refractivity contribution in [2.45, 2.75) is 57.1 Å². The lowest BCUT2D eigenvalue weighted by Crippen LogP contribution is -2.64. The van der Waals surface area contributed by atoms with Crippen LogP contribution in [0.15, 0.2) is 35.9 Å². The van der Waals surface area contributed by atoms with E-state index in [1.165, 1.54) is 18.4 Å². The van der Waals surface area contributed by atoms with Crippen LogP contribution in [0.3, 0.4) is 0 Å². The summed E-state index contributed by atoms with van der Waals surface area (Å²) in [6.07, 6.45) is 8.42. The molecule has 2 N–H and O–H groups in total. The van der Waals surface area contributed by atoms with Crippen molar-refractivity contribution in [3.63, 3.8) is 0 Å². The third kappa shape index (κ3) is 2.79. The summed E-state index contributed by atoms with van der Waals surface area (Å²) < 4.78 is 6.27. The van der Waals surface area contributed by atoms with E-state index in [1.807, 2.05) is 31.2 Å². The number of para-hydroxylation sites is 1. The molecule has 0 saturated carbocycles. The molecule has 4 rings (SSSR count). The fourth-order valence-electron chi connectivity index (χ4n) is 4.77. The lowest BCUT2D eigenvalue weighted by molar-refractivity contribution is -0.175. The lowest BCUT2D eigenvalue weighted by atomic mass is 9.73. The number of rotatable bonds is 4. The molecule has 0 unspecified atom stereocenters. The third-order valence-corrected chi connectivity index (χ3v) is 6.10. The number of nitrogens with two attached hydrogens (primary N) is 1. The highest BCUT2D eigenvalue weighted by atomic mass is 16.5. The molecule has 3 aliphatic rings. The average Bonchev–Trinajstić information content (AvgIpc) is 2.61. The smallest absolute Gasteiger partial charge is 0.238 e. The van der Waals surface area contributed by atoms with Gasteiger partial charge in [-0.15, -0.1) is 0 Å². The van der Waals surface area contributed by atoms with Gasteiger partial charge in [-0.2, -0.15) is 0 Å². The van der Waals surface area contributed by atoms with Crippen LogP contribution in [0.25, 0.3) is 0 Å². The molecule has 1 fully saturated rings. The van der Waals surface area contributed by atoms with Crippen LogP contribution >= 0.6 is 0 Å². The van der Waals surface area contributed by atoms with E-state index >= 15 is 0 Å². The molecule has 1 saturated heterocycles. The molecule has 5 heteroatoms. The number of nitrogens with zero attached hydrogens (tertiary/aromatic N) is 1. The number of hydrogen-bond donors (Lipinski definition) is 1. The second-order valence-corrected chi connectivity index (χ2v) is 7.85. The highest BCUT2D eigenvalue weighted by Gasteiger charge is 2.55. The first-order valence-electron chi connectivity index (χ1n) is 9.56. The number of likely N-dealkylation sites (tertiary alicyclic amines) is 1. The van der Waals surface area contributed by atoms with E-state index in [0.29, 0.717) is 13.0 Å². The average molecular weight is 354 g/mol.